The van der Waals surface area contributed by atoms with Gasteiger partial charge < -0.3 is 0 Å². The first-order valence-corrected chi connectivity index (χ1v) is 11.7. The first-order chi connectivity index (χ1) is 14.9. The fourth-order valence-corrected chi connectivity index (χ4v) is 4.81. The highest BCUT2D eigenvalue weighted by Gasteiger charge is 2.19. The van der Waals surface area contributed by atoms with E-state index in [0.717, 1.165) is 22.6 Å². The van der Waals surface area contributed by atoms with Gasteiger partial charge in [-0.25, -0.2) is 4.98 Å². The van der Waals surface area contributed by atoms with Crippen molar-refractivity contribution in [2.75, 3.05) is 4.90 Å². The third-order valence-corrected chi connectivity index (χ3v) is 6.74. The zero-order valence-corrected chi connectivity index (χ0v) is 19.5. The number of thiazole rings is 1. The van der Waals surface area contributed by atoms with E-state index in [4.69, 9.17) is 11.6 Å². The van der Waals surface area contributed by atoms with E-state index >= 15 is 0 Å². The van der Waals surface area contributed by atoms with Gasteiger partial charge in [0, 0.05) is 23.1 Å². The van der Waals surface area contributed by atoms with Gasteiger partial charge in [-0.1, -0.05) is 29.4 Å². The number of hydrogen-bond donors (Lipinski definition) is 0. The van der Waals surface area contributed by atoms with Crippen LogP contribution in [-0.2, 0) is 10.5 Å². The van der Waals surface area contributed by atoms with Gasteiger partial charge in [-0.15, -0.1) is 16.4 Å². The molecule has 0 aliphatic heterocycles. The number of nitrogens with zero attached hydrogens (tertiary/aromatic N) is 6. The molecule has 0 saturated carbocycles. The van der Waals surface area contributed by atoms with Crippen LogP contribution in [0.25, 0.3) is 5.69 Å². The smallest absolute Gasteiger partial charge is 0.230 e. The maximum atomic E-state index is 12.4. The Morgan fingerprint density at radius 3 is 2.65 bits per heavy atom. The highest BCUT2D eigenvalue weighted by molar-refractivity contribution is 7.98. The zero-order valence-electron chi connectivity index (χ0n) is 17.1. The summed E-state index contributed by atoms with van der Waals surface area (Å²) < 4.78 is 1.66. The van der Waals surface area contributed by atoms with Gasteiger partial charge >= 0.3 is 0 Å². The van der Waals surface area contributed by atoms with E-state index in [1.54, 1.807) is 28.6 Å². The van der Waals surface area contributed by atoms with Crippen LogP contribution in [0.4, 0.5) is 10.8 Å². The minimum Gasteiger partial charge on any atom is -0.274 e. The summed E-state index contributed by atoms with van der Waals surface area (Å²) in [6.07, 6.45) is 0. The van der Waals surface area contributed by atoms with Crippen molar-refractivity contribution >= 4 is 51.4 Å². The quantitative estimate of drug-likeness (QED) is 0.353. The van der Waals surface area contributed by atoms with Crippen LogP contribution in [0.15, 0.2) is 53.0 Å². The largest absolute Gasteiger partial charge is 0.274 e. The predicted octanol–water partition coefficient (Wildman–Crippen LogP) is 5.37. The Morgan fingerprint density at radius 1 is 1.16 bits per heavy atom. The Kier molecular flexibility index (Phi) is 6.35. The molecular formula is C21H19ClN6OS2. The summed E-state index contributed by atoms with van der Waals surface area (Å²) in [5, 5.41) is 15.8. The van der Waals surface area contributed by atoms with Crippen molar-refractivity contribution in [3.63, 3.8) is 0 Å². The second-order valence-electron chi connectivity index (χ2n) is 6.88. The molecule has 0 aliphatic carbocycles. The summed E-state index contributed by atoms with van der Waals surface area (Å²) in [7, 11) is 0. The molecule has 0 saturated heterocycles. The average Bonchev–Trinajstić information content (AvgIpc) is 3.39. The third-order valence-electron chi connectivity index (χ3n) is 4.66. The molecule has 2 aromatic heterocycles. The van der Waals surface area contributed by atoms with E-state index in [0.29, 0.717) is 21.1 Å². The van der Waals surface area contributed by atoms with E-state index in [1.165, 1.54) is 28.7 Å². The summed E-state index contributed by atoms with van der Waals surface area (Å²) in [4.78, 5) is 18.7. The van der Waals surface area contributed by atoms with Gasteiger partial charge in [-0.2, -0.15) is 4.68 Å². The number of carbonyl (C=O) groups excluding carboxylic acids is 1. The summed E-state index contributed by atoms with van der Waals surface area (Å²) >= 11 is 8.88. The molecule has 0 radical (unpaired) electrons. The number of benzene rings is 2. The fourth-order valence-electron chi connectivity index (χ4n) is 2.91. The van der Waals surface area contributed by atoms with Crippen LogP contribution in [0.2, 0.25) is 5.02 Å². The number of carbonyl (C=O) groups is 1. The number of aryl methyl sites for hydroxylation is 2. The van der Waals surface area contributed by atoms with E-state index in [-0.39, 0.29) is 5.91 Å². The van der Waals surface area contributed by atoms with E-state index in [9.17, 15) is 4.79 Å². The summed E-state index contributed by atoms with van der Waals surface area (Å²) in [6, 6.07) is 13.3. The molecule has 2 aromatic carbocycles. The van der Waals surface area contributed by atoms with Crippen LogP contribution in [0.5, 0.6) is 0 Å². The highest BCUT2D eigenvalue weighted by atomic mass is 35.5. The molecule has 0 spiro atoms. The number of anilines is 2. The Bertz CT molecular complexity index is 1220. The first kappa shape index (κ1) is 21.5. The lowest BCUT2D eigenvalue weighted by Gasteiger charge is -2.19. The molecule has 0 bridgehead atoms. The van der Waals surface area contributed by atoms with Crippen LogP contribution in [0.1, 0.15) is 23.7 Å². The lowest BCUT2D eigenvalue weighted by Crippen LogP contribution is -2.22. The third kappa shape index (κ3) is 4.79. The second-order valence-corrected chi connectivity index (χ2v) is 9.10. The number of amides is 1. The lowest BCUT2D eigenvalue weighted by atomic mass is 10.1. The lowest BCUT2D eigenvalue weighted by molar-refractivity contribution is -0.115. The van der Waals surface area contributed by atoms with Gasteiger partial charge in [0.1, 0.15) is 0 Å². The SMILES string of the molecule is CC(=O)N(c1ccc(C)c(C)c1)c1nc(CSc2nnnn2-c2ccc(Cl)cc2)cs1. The molecule has 0 unspecified atom stereocenters. The van der Waals surface area contributed by atoms with Gasteiger partial charge in [0.05, 0.1) is 17.1 Å². The van der Waals surface area contributed by atoms with Crippen molar-refractivity contribution in [1.82, 2.24) is 25.2 Å². The molecule has 7 nitrogen and oxygen atoms in total. The van der Waals surface area contributed by atoms with Crippen molar-refractivity contribution in [2.24, 2.45) is 0 Å². The number of rotatable bonds is 6. The normalized spacial score (nSPS) is 11.0. The highest BCUT2D eigenvalue weighted by Crippen LogP contribution is 2.32. The standard InChI is InChI=1S/C21H19ClN6OS2/c1-13-4-7-19(10-14(13)2)27(15(3)29)20-23-17(11-30-20)12-31-21-24-25-26-28(21)18-8-5-16(22)6-9-18/h4-11H,12H2,1-3H3. The fraction of sp³-hybridized carbons (Fsp3) is 0.190. The average molecular weight is 471 g/mol. The van der Waals surface area contributed by atoms with E-state index in [1.807, 2.05) is 49.6 Å². The maximum absolute atomic E-state index is 12.4. The minimum absolute atomic E-state index is 0.0801. The number of hydrogen-bond acceptors (Lipinski definition) is 7. The molecule has 2 heterocycles. The monoisotopic (exact) mass is 470 g/mol. The Morgan fingerprint density at radius 2 is 1.94 bits per heavy atom. The molecule has 0 fully saturated rings. The van der Waals surface area contributed by atoms with Gasteiger partial charge in [0.15, 0.2) is 5.13 Å². The minimum atomic E-state index is -0.0801. The van der Waals surface area contributed by atoms with E-state index < -0.39 is 0 Å². The maximum Gasteiger partial charge on any atom is 0.230 e. The van der Waals surface area contributed by atoms with Crippen LogP contribution in [0.3, 0.4) is 0 Å². The summed E-state index contributed by atoms with van der Waals surface area (Å²) in [6.45, 7) is 5.63. The van der Waals surface area contributed by atoms with Gasteiger partial charge in [-0.05, 0) is 71.8 Å². The van der Waals surface area contributed by atoms with Crippen molar-refractivity contribution in [2.45, 2.75) is 31.7 Å². The topological polar surface area (TPSA) is 76.8 Å². The number of thioether (sulfide) groups is 1. The Labute approximate surface area is 193 Å². The molecule has 10 heteroatoms. The summed E-state index contributed by atoms with van der Waals surface area (Å²) in [5.41, 5.74) is 4.81. The van der Waals surface area contributed by atoms with Crippen molar-refractivity contribution < 1.29 is 4.79 Å². The molecule has 0 atom stereocenters. The molecule has 1 amide bonds. The number of tetrazole rings is 1. The van der Waals surface area contributed by atoms with E-state index in [2.05, 4.69) is 20.5 Å². The van der Waals surface area contributed by atoms with Crippen molar-refractivity contribution in [3.8, 4) is 5.69 Å². The first-order valence-electron chi connectivity index (χ1n) is 9.42. The Balaban J connectivity index is 1.52. The molecule has 31 heavy (non-hydrogen) atoms. The zero-order chi connectivity index (χ0) is 22.0. The predicted molar refractivity (Wildman–Crippen MR) is 125 cm³/mol. The molecule has 0 aliphatic rings. The van der Waals surface area contributed by atoms with Gasteiger partial charge in [-0.3, -0.25) is 9.69 Å². The second kappa shape index (κ2) is 9.17. The molecular weight excluding hydrogens is 452 g/mol. The summed E-state index contributed by atoms with van der Waals surface area (Å²) in [5.74, 6) is 0.492. The van der Waals surface area contributed by atoms with Crippen LogP contribution in [0, 0.1) is 13.8 Å². The van der Waals surface area contributed by atoms with Crippen molar-refractivity contribution in [1.29, 1.82) is 0 Å². The van der Waals surface area contributed by atoms with Gasteiger partial charge in [0.2, 0.25) is 11.1 Å². The number of halogens is 1. The molecule has 0 N–H and O–H groups in total. The van der Waals surface area contributed by atoms with Crippen molar-refractivity contribution in [3.05, 3.63) is 69.7 Å². The van der Waals surface area contributed by atoms with Crippen LogP contribution < -0.4 is 4.90 Å². The molecule has 4 aromatic rings. The van der Waals surface area contributed by atoms with Crippen LogP contribution in [-0.4, -0.2) is 31.1 Å². The molecule has 4 rings (SSSR count). The van der Waals surface area contributed by atoms with Gasteiger partial charge in [0.25, 0.3) is 0 Å². The number of aromatic nitrogens is 5. The van der Waals surface area contributed by atoms with Crippen LogP contribution >= 0.6 is 34.7 Å². The Hall–Kier alpha value is -2.75. The molecule has 158 valence electrons.